The molecular weight excluding hydrogens is 408 g/mol. The van der Waals surface area contributed by atoms with Gasteiger partial charge in [-0.3, -0.25) is 14.4 Å². The highest BCUT2D eigenvalue weighted by Gasteiger charge is 2.25. The van der Waals surface area contributed by atoms with Gasteiger partial charge in [0.05, 0.1) is 18.1 Å². The van der Waals surface area contributed by atoms with Crippen molar-refractivity contribution in [3.05, 3.63) is 59.7 Å². The predicted molar refractivity (Wildman–Crippen MR) is 125 cm³/mol. The summed E-state index contributed by atoms with van der Waals surface area (Å²) in [5.74, 6) is -2.34. The largest absolute Gasteiger partial charge is 0.480 e. The molecule has 1 aromatic rings. The summed E-state index contributed by atoms with van der Waals surface area (Å²) >= 11 is 0. The molecule has 0 aliphatic carbocycles. The van der Waals surface area contributed by atoms with E-state index >= 15 is 0 Å². The van der Waals surface area contributed by atoms with E-state index in [-0.39, 0.29) is 17.9 Å². The molecule has 0 saturated carbocycles. The maximum atomic E-state index is 12.4. The Kier molecular flexibility index (Phi) is 11.4. The molecular formula is C25H36N2O5. The zero-order chi connectivity index (χ0) is 24.3. The minimum Gasteiger partial charge on any atom is -0.480 e. The van der Waals surface area contributed by atoms with Gasteiger partial charge in [0.25, 0.3) is 0 Å². The van der Waals surface area contributed by atoms with Crippen LogP contribution in [0, 0.1) is 11.8 Å². The van der Waals surface area contributed by atoms with Crippen molar-refractivity contribution in [1.82, 2.24) is 10.6 Å². The van der Waals surface area contributed by atoms with Gasteiger partial charge in [-0.25, -0.2) is 0 Å². The molecule has 0 aliphatic rings. The minimum atomic E-state index is -1.12. The number of hydrogen-bond donors (Lipinski definition) is 3. The van der Waals surface area contributed by atoms with Crippen LogP contribution in [0.1, 0.15) is 40.2 Å². The number of hydrogen-bond acceptors (Lipinski definition) is 4. The summed E-state index contributed by atoms with van der Waals surface area (Å²) in [5, 5.41) is 14.2. The summed E-state index contributed by atoms with van der Waals surface area (Å²) in [6.07, 6.45) is 6.51. The van der Waals surface area contributed by atoms with Crippen LogP contribution in [0.25, 0.3) is 0 Å². The standard InChI is InChI=1S/C25H36N2O5/c1-16(14-17(2)23(32-6)15-21-10-8-7-9-11-21)12-13-22(27-20(5)28)18(3)24(29)26-19(4)25(30)31/h7-14,17-19,22-23H,15H2,1-6H3,(H,26,29)(H,27,28)(H,30,31)/b13-12+,16-14+/t17-,18-,19+,22?,23-/m0/s1. The highest BCUT2D eigenvalue weighted by atomic mass is 16.5. The molecule has 2 amide bonds. The highest BCUT2D eigenvalue weighted by Crippen LogP contribution is 2.17. The smallest absolute Gasteiger partial charge is 0.325 e. The molecule has 176 valence electrons. The van der Waals surface area contributed by atoms with Crippen LogP contribution in [-0.2, 0) is 25.5 Å². The van der Waals surface area contributed by atoms with E-state index < -0.39 is 29.9 Å². The molecule has 1 rings (SSSR count). The monoisotopic (exact) mass is 444 g/mol. The lowest BCUT2D eigenvalue weighted by atomic mass is 9.94. The van der Waals surface area contributed by atoms with Gasteiger partial charge in [-0.1, -0.05) is 68.0 Å². The molecule has 0 radical (unpaired) electrons. The molecule has 0 aliphatic heterocycles. The van der Waals surface area contributed by atoms with Crippen molar-refractivity contribution >= 4 is 17.8 Å². The summed E-state index contributed by atoms with van der Waals surface area (Å²) < 4.78 is 5.69. The van der Waals surface area contributed by atoms with E-state index in [2.05, 4.69) is 35.8 Å². The number of carboxylic acids is 1. The third-order valence-electron chi connectivity index (χ3n) is 5.31. The Morgan fingerprint density at radius 1 is 1.06 bits per heavy atom. The lowest BCUT2D eigenvalue weighted by Gasteiger charge is -2.23. The second-order valence-corrected chi connectivity index (χ2v) is 8.18. The van der Waals surface area contributed by atoms with Crippen LogP contribution >= 0.6 is 0 Å². The summed E-state index contributed by atoms with van der Waals surface area (Å²) in [5.41, 5.74) is 2.17. The van der Waals surface area contributed by atoms with Crippen molar-refractivity contribution in [2.45, 2.75) is 59.2 Å². The average molecular weight is 445 g/mol. The van der Waals surface area contributed by atoms with Crippen molar-refractivity contribution in [1.29, 1.82) is 0 Å². The molecule has 0 heterocycles. The first kappa shape index (κ1) is 27.1. The molecule has 0 aromatic heterocycles. The molecule has 0 spiro atoms. The van der Waals surface area contributed by atoms with Gasteiger partial charge in [0.15, 0.2) is 0 Å². The number of methoxy groups -OCH3 is 1. The Hall–Kier alpha value is -2.93. The van der Waals surface area contributed by atoms with Gasteiger partial charge in [0.2, 0.25) is 11.8 Å². The van der Waals surface area contributed by atoms with Gasteiger partial charge < -0.3 is 20.5 Å². The van der Waals surface area contributed by atoms with Crippen LogP contribution in [0.15, 0.2) is 54.1 Å². The Labute approximate surface area is 190 Å². The number of aliphatic carboxylic acids is 1. The molecule has 3 N–H and O–H groups in total. The lowest BCUT2D eigenvalue weighted by molar-refractivity contribution is -0.142. The van der Waals surface area contributed by atoms with Gasteiger partial charge in [-0.2, -0.15) is 0 Å². The first-order valence-electron chi connectivity index (χ1n) is 10.8. The van der Waals surface area contributed by atoms with Crippen LogP contribution in [0.2, 0.25) is 0 Å². The zero-order valence-corrected chi connectivity index (χ0v) is 19.8. The first-order chi connectivity index (χ1) is 15.0. The normalized spacial score (nSPS) is 16.6. The topological polar surface area (TPSA) is 105 Å². The van der Waals surface area contributed by atoms with Crippen LogP contribution in [0.3, 0.4) is 0 Å². The van der Waals surface area contributed by atoms with E-state index in [1.54, 1.807) is 20.1 Å². The fourth-order valence-electron chi connectivity index (χ4n) is 3.31. The van der Waals surface area contributed by atoms with E-state index in [1.165, 1.54) is 19.4 Å². The third kappa shape index (κ3) is 9.47. The number of ether oxygens (including phenoxy) is 1. The quantitative estimate of drug-likeness (QED) is 0.430. The van der Waals surface area contributed by atoms with Crippen molar-refractivity contribution in [3.8, 4) is 0 Å². The molecule has 7 heteroatoms. The number of benzene rings is 1. The van der Waals surface area contributed by atoms with Crippen molar-refractivity contribution in [2.24, 2.45) is 11.8 Å². The van der Waals surface area contributed by atoms with Crippen LogP contribution in [0.4, 0.5) is 0 Å². The molecule has 0 saturated heterocycles. The average Bonchev–Trinajstić information content (AvgIpc) is 2.74. The molecule has 0 bridgehead atoms. The van der Waals surface area contributed by atoms with Crippen LogP contribution < -0.4 is 10.6 Å². The van der Waals surface area contributed by atoms with E-state index in [1.807, 2.05) is 31.2 Å². The number of allylic oxidation sites excluding steroid dienone is 2. The van der Waals surface area contributed by atoms with Crippen molar-refractivity contribution in [2.75, 3.05) is 7.11 Å². The number of carbonyl (C=O) groups excluding carboxylic acids is 2. The Bertz CT molecular complexity index is 819. The fourth-order valence-corrected chi connectivity index (χ4v) is 3.31. The molecule has 1 aromatic carbocycles. The van der Waals surface area contributed by atoms with Crippen LogP contribution in [-0.4, -0.2) is 48.2 Å². The fraction of sp³-hybridized carbons (Fsp3) is 0.480. The molecule has 5 atom stereocenters. The second-order valence-electron chi connectivity index (χ2n) is 8.18. The molecule has 32 heavy (non-hydrogen) atoms. The predicted octanol–water partition coefficient (Wildman–Crippen LogP) is 3.11. The van der Waals surface area contributed by atoms with Crippen molar-refractivity contribution < 1.29 is 24.2 Å². The summed E-state index contributed by atoms with van der Waals surface area (Å²) in [6, 6.07) is 8.56. The van der Waals surface area contributed by atoms with Crippen molar-refractivity contribution in [3.63, 3.8) is 0 Å². The maximum absolute atomic E-state index is 12.4. The van der Waals surface area contributed by atoms with Gasteiger partial charge in [0.1, 0.15) is 6.04 Å². The number of carbonyl (C=O) groups is 3. The SMILES string of the molecule is CO[C@@H](Cc1ccccc1)[C@@H](C)/C=C(C)/C=C/C(NC(C)=O)[C@H](C)C(=O)N[C@H](C)C(=O)O. The maximum Gasteiger partial charge on any atom is 0.325 e. The van der Waals surface area contributed by atoms with E-state index in [0.717, 1.165) is 12.0 Å². The summed E-state index contributed by atoms with van der Waals surface area (Å²) in [4.78, 5) is 35.0. The Morgan fingerprint density at radius 3 is 2.22 bits per heavy atom. The molecule has 7 nitrogen and oxygen atoms in total. The zero-order valence-electron chi connectivity index (χ0n) is 19.8. The van der Waals surface area contributed by atoms with Gasteiger partial charge in [-0.05, 0) is 25.8 Å². The number of carboxylic acid groups (broad SMARTS) is 1. The van der Waals surface area contributed by atoms with E-state index in [9.17, 15) is 14.4 Å². The third-order valence-corrected chi connectivity index (χ3v) is 5.31. The second kappa shape index (κ2) is 13.5. The molecule has 1 unspecified atom stereocenters. The number of amides is 2. The lowest BCUT2D eigenvalue weighted by Crippen LogP contribution is -2.47. The number of nitrogens with one attached hydrogen (secondary N) is 2. The Balaban J connectivity index is 2.89. The Morgan fingerprint density at radius 2 is 1.69 bits per heavy atom. The van der Waals surface area contributed by atoms with Gasteiger partial charge >= 0.3 is 5.97 Å². The molecule has 0 fully saturated rings. The summed E-state index contributed by atoms with van der Waals surface area (Å²) in [7, 11) is 1.70. The first-order valence-corrected chi connectivity index (χ1v) is 10.8. The van der Waals surface area contributed by atoms with E-state index in [0.29, 0.717) is 0 Å². The number of rotatable bonds is 12. The highest BCUT2D eigenvalue weighted by molar-refractivity contribution is 5.85. The van der Waals surface area contributed by atoms with Gasteiger partial charge in [-0.15, -0.1) is 0 Å². The van der Waals surface area contributed by atoms with Crippen LogP contribution in [0.5, 0.6) is 0 Å². The van der Waals surface area contributed by atoms with E-state index in [4.69, 9.17) is 9.84 Å². The van der Waals surface area contributed by atoms with Gasteiger partial charge in [0, 0.05) is 20.0 Å². The summed E-state index contributed by atoms with van der Waals surface area (Å²) in [6.45, 7) is 8.46. The minimum absolute atomic E-state index is 0.00843.